The quantitative estimate of drug-likeness (QED) is 0.261. The molecule has 0 saturated carbocycles. The molecule has 1 aliphatic heterocycles. The van der Waals surface area contributed by atoms with Crippen molar-refractivity contribution in [2.24, 2.45) is 0 Å². The van der Waals surface area contributed by atoms with E-state index in [1.807, 2.05) is 0 Å². The van der Waals surface area contributed by atoms with Crippen LogP contribution in [0.3, 0.4) is 0 Å². The average Bonchev–Trinajstić information content (AvgIpc) is 2.96. The summed E-state index contributed by atoms with van der Waals surface area (Å²) in [6.45, 7) is 0.750. The van der Waals surface area contributed by atoms with Gasteiger partial charge in [0.2, 0.25) is 0 Å². The summed E-state index contributed by atoms with van der Waals surface area (Å²) in [4.78, 5) is 47.8. The molecule has 2 aromatic rings. The third-order valence-electron chi connectivity index (χ3n) is 4.64. The Balaban J connectivity index is 1.40. The van der Waals surface area contributed by atoms with E-state index in [4.69, 9.17) is 0 Å². The summed E-state index contributed by atoms with van der Waals surface area (Å²) in [5.41, 5.74) is 0.890. The molecule has 0 bridgehead atoms. The van der Waals surface area contributed by atoms with E-state index in [-0.39, 0.29) is 41.7 Å². The first-order chi connectivity index (χ1) is 14.4. The molecule has 0 radical (unpaired) electrons. The number of nitro groups is 1. The Bertz CT molecular complexity index is 989. The zero-order valence-electron chi connectivity index (χ0n) is 16.0. The number of nitrogens with one attached hydrogen (secondary N) is 2. The zero-order valence-corrected chi connectivity index (χ0v) is 16.0. The number of amides is 4. The minimum absolute atomic E-state index is 0.0223. The van der Waals surface area contributed by atoms with E-state index in [9.17, 15) is 29.6 Å². The van der Waals surface area contributed by atoms with Crippen LogP contribution >= 0.6 is 0 Å². The van der Waals surface area contributed by atoms with E-state index in [1.165, 1.54) is 12.1 Å². The fourth-order valence-electron chi connectivity index (χ4n) is 3.08. The molecule has 0 unspecified atom stereocenters. The topological polar surface area (TPSA) is 142 Å². The Morgan fingerprint density at radius 1 is 1.00 bits per heavy atom. The third kappa shape index (κ3) is 4.72. The van der Waals surface area contributed by atoms with Gasteiger partial charge >= 0.3 is 6.03 Å². The van der Waals surface area contributed by atoms with Gasteiger partial charge < -0.3 is 15.7 Å². The first-order valence-corrected chi connectivity index (χ1v) is 9.31. The number of hydrogen-bond donors (Lipinski definition) is 3. The highest BCUT2D eigenvalue weighted by atomic mass is 16.6. The molecule has 2 aromatic carbocycles. The summed E-state index contributed by atoms with van der Waals surface area (Å²) in [7, 11) is 0. The molecule has 10 heteroatoms. The number of nitro benzene ring substituents is 1. The smallest absolute Gasteiger partial charge is 0.314 e. The highest BCUT2D eigenvalue weighted by molar-refractivity contribution is 6.21. The first kappa shape index (κ1) is 20.8. The van der Waals surface area contributed by atoms with Crippen LogP contribution in [0.1, 0.15) is 32.7 Å². The lowest BCUT2D eigenvalue weighted by atomic mass is 10.1. The number of phenolic OH excluding ortho intramolecular Hbond substituents is 1. The fourth-order valence-corrected chi connectivity index (χ4v) is 3.08. The minimum Gasteiger partial charge on any atom is -0.508 e. The van der Waals surface area contributed by atoms with Crippen molar-refractivity contribution in [2.45, 2.75) is 12.8 Å². The molecule has 0 aliphatic carbocycles. The van der Waals surface area contributed by atoms with Crippen LogP contribution < -0.4 is 10.6 Å². The molecule has 0 spiro atoms. The molecule has 156 valence electrons. The molecule has 30 heavy (non-hydrogen) atoms. The maximum Gasteiger partial charge on any atom is 0.314 e. The van der Waals surface area contributed by atoms with Gasteiger partial charge in [0.1, 0.15) is 5.75 Å². The van der Waals surface area contributed by atoms with Crippen LogP contribution in [-0.2, 0) is 6.42 Å². The summed E-state index contributed by atoms with van der Waals surface area (Å²) in [5.74, 6) is -0.888. The third-order valence-corrected chi connectivity index (χ3v) is 4.64. The number of urea groups is 1. The number of carbonyl (C=O) groups excluding carboxylic acids is 3. The number of nitrogens with zero attached hydrogens (tertiary/aromatic N) is 2. The van der Waals surface area contributed by atoms with Crippen LogP contribution in [0.2, 0.25) is 0 Å². The second kappa shape index (κ2) is 9.03. The monoisotopic (exact) mass is 412 g/mol. The summed E-state index contributed by atoms with van der Waals surface area (Å²) in [6.07, 6.45) is 0.952. The lowest BCUT2D eigenvalue weighted by Crippen LogP contribution is -2.38. The molecule has 10 nitrogen and oxygen atoms in total. The van der Waals surface area contributed by atoms with Crippen LogP contribution in [-0.4, -0.2) is 52.4 Å². The van der Waals surface area contributed by atoms with Gasteiger partial charge in [-0.3, -0.25) is 24.6 Å². The Morgan fingerprint density at radius 3 is 2.37 bits per heavy atom. The van der Waals surface area contributed by atoms with Crippen LogP contribution in [0.15, 0.2) is 42.5 Å². The largest absolute Gasteiger partial charge is 0.508 e. The zero-order chi connectivity index (χ0) is 21.7. The van der Waals surface area contributed by atoms with Crippen molar-refractivity contribution in [2.75, 3.05) is 19.6 Å². The number of benzene rings is 2. The second-order valence-corrected chi connectivity index (χ2v) is 6.70. The Morgan fingerprint density at radius 2 is 1.67 bits per heavy atom. The van der Waals surface area contributed by atoms with Crippen molar-refractivity contribution >= 4 is 23.5 Å². The van der Waals surface area contributed by atoms with E-state index < -0.39 is 16.7 Å². The van der Waals surface area contributed by atoms with Crippen molar-refractivity contribution in [1.82, 2.24) is 15.5 Å². The molecule has 0 saturated heterocycles. The number of fused-ring (bicyclic) bond motifs is 1. The van der Waals surface area contributed by atoms with Gasteiger partial charge in [0.05, 0.1) is 16.1 Å². The number of phenols is 1. The highest BCUT2D eigenvalue weighted by Crippen LogP contribution is 2.26. The van der Waals surface area contributed by atoms with E-state index in [1.54, 1.807) is 24.3 Å². The van der Waals surface area contributed by atoms with Crippen LogP contribution in [0.25, 0.3) is 0 Å². The van der Waals surface area contributed by atoms with Crippen molar-refractivity contribution in [3.05, 3.63) is 69.3 Å². The van der Waals surface area contributed by atoms with Crippen LogP contribution in [0.4, 0.5) is 10.5 Å². The van der Waals surface area contributed by atoms with Gasteiger partial charge in [-0.25, -0.2) is 4.79 Å². The molecule has 1 aliphatic rings. The molecule has 0 aromatic heterocycles. The number of hydrogen-bond acceptors (Lipinski definition) is 6. The van der Waals surface area contributed by atoms with Crippen LogP contribution in [0, 0.1) is 10.1 Å². The fraction of sp³-hybridized carbons (Fsp3) is 0.250. The number of imide groups is 1. The predicted octanol–water partition coefficient (Wildman–Crippen LogP) is 1.83. The van der Waals surface area contributed by atoms with E-state index >= 15 is 0 Å². The number of rotatable bonds is 8. The summed E-state index contributed by atoms with van der Waals surface area (Å²) in [6, 6.07) is 9.91. The number of non-ortho nitro benzene ring substituents is 1. The SMILES string of the molecule is O=C(NCCCN1C(=O)c2ccc([N+](=O)[O-])cc2C1=O)NCCc1ccc(O)cc1. The highest BCUT2D eigenvalue weighted by Gasteiger charge is 2.36. The van der Waals surface area contributed by atoms with Gasteiger partial charge in [-0.2, -0.15) is 0 Å². The number of aromatic hydroxyl groups is 1. The summed E-state index contributed by atoms with van der Waals surface area (Å²) in [5, 5.41) is 25.4. The van der Waals surface area contributed by atoms with Gasteiger partial charge in [-0.15, -0.1) is 0 Å². The maximum absolute atomic E-state index is 12.4. The Labute approximate surface area is 171 Å². The van der Waals surface area contributed by atoms with Crippen molar-refractivity contribution in [3.63, 3.8) is 0 Å². The molecule has 3 rings (SSSR count). The normalized spacial score (nSPS) is 12.6. The van der Waals surface area contributed by atoms with E-state index in [2.05, 4.69) is 10.6 Å². The van der Waals surface area contributed by atoms with Crippen molar-refractivity contribution in [1.29, 1.82) is 0 Å². The summed E-state index contributed by atoms with van der Waals surface area (Å²) >= 11 is 0. The van der Waals surface area contributed by atoms with Gasteiger partial charge in [0.15, 0.2) is 0 Å². The molecular formula is C20H20N4O6. The lowest BCUT2D eigenvalue weighted by molar-refractivity contribution is -0.384. The standard InChI is InChI=1S/C20H20N4O6/c25-15-5-2-13(3-6-15)8-10-22-20(28)21-9-1-11-23-18(26)16-7-4-14(24(29)30)12-17(16)19(23)27/h2-7,12,25H,1,8-11H2,(H2,21,22,28). The molecule has 0 fully saturated rings. The molecule has 0 atom stereocenters. The molecule has 1 heterocycles. The van der Waals surface area contributed by atoms with Gasteiger partial charge in [-0.05, 0) is 36.6 Å². The van der Waals surface area contributed by atoms with E-state index in [0.29, 0.717) is 19.4 Å². The number of carbonyl (C=O) groups is 3. The lowest BCUT2D eigenvalue weighted by Gasteiger charge is -2.14. The summed E-state index contributed by atoms with van der Waals surface area (Å²) < 4.78 is 0. The van der Waals surface area contributed by atoms with Crippen LogP contribution in [0.5, 0.6) is 5.75 Å². The maximum atomic E-state index is 12.4. The average molecular weight is 412 g/mol. The molecule has 4 amide bonds. The van der Waals surface area contributed by atoms with E-state index in [0.717, 1.165) is 16.5 Å². The molecule has 3 N–H and O–H groups in total. The Kier molecular flexibility index (Phi) is 6.26. The van der Waals surface area contributed by atoms with Gasteiger partial charge in [-0.1, -0.05) is 12.1 Å². The molecular weight excluding hydrogens is 392 g/mol. The van der Waals surface area contributed by atoms with Gasteiger partial charge in [0, 0.05) is 31.8 Å². The minimum atomic E-state index is -0.620. The second-order valence-electron chi connectivity index (χ2n) is 6.70. The van der Waals surface area contributed by atoms with Gasteiger partial charge in [0.25, 0.3) is 17.5 Å². The first-order valence-electron chi connectivity index (χ1n) is 9.31. The Hall–Kier alpha value is -3.95. The predicted molar refractivity (Wildman–Crippen MR) is 106 cm³/mol. The van der Waals surface area contributed by atoms with Crippen molar-refractivity contribution < 1.29 is 24.4 Å². The van der Waals surface area contributed by atoms with Crippen molar-refractivity contribution in [3.8, 4) is 5.75 Å².